The Morgan fingerprint density at radius 3 is 2.83 bits per heavy atom. The number of allylic oxidation sites excluding steroid dienone is 2. The summed E-state index contributed by atoms with van der Waals surface area (Å²) < 4.78 is 5.68. The van der Waals surface area contributed by atoms with Gasteiger partial charge in [-0.05, 0) is 26.2 Å². The summed E-state index contributed by atoms with van der Waals surface area (Å²) in [5, 5.41) is 12.0. The van der Waals surface area contributed by atoms with Crippen LogP contribution in [0.25, 0.3) is 0 Å². The molecule has 1 rings (SSSR count). The monoisotopic (exact) mass is 256 g/mol. The van der Waals surface area contributed by atoms with Crippen LogP contribution in [0.5, 0.6) is 0 Å². The number of likely N-dealkylation sites (N-methyl/N-ethyl adjacent to an activating group) is 1. The van der Waals surface area contributed by atoms with Gasteiger partial charge in [0.05, 0.1) is 19.3 Å². The zero-order chi connectivity index (χ0) is 13.6. The van der Waals surface area contributed by atoms with E-state index >= 15 is 0 Å². The van der Waals surface area contributed by atoms with Crippen molar-refractivity contribution < 1.29 is 14.6 Å². The molecule has 5 heteroatoms. The van der Waals surface area contributed by atoms with Crippen molar-refractivity contribution in [1.82, 2.24) is 5.32 Å². The zero-order valence-corrected chi connectivity index (χ0v) is 11.2. The summed E-state index contributed by atoms with van der Waals surface area (Å²) in [6.07, 6.45) is 6.51. The standard InChI is InChI=1S/C13H24N2O3/c1-10(11(14)12(17)15-2)18-9-13(8-16)6-4-3-5-7-13/h3-4,10-11,16H,5-9,14H2,1-2H3,(H,15,17)/t10-,11?,13?/m1/s1. The molecule has 4 N–H and O–H groups in total. The third kappa shape index (κ3) is 3.80. The topological polar surface area (TPSA) is 84.6 Å². The highest BCUT2D eigenvalue weighted by molar-refractivity contribution is 5.81. The summed E-state index contributed by atoms with van der Waals surface area (Å²) in [5.41, 5.74) is 5.54. The molecule has 0 spiro atoms. The van der Waals surface area contributed by atoms with E-state index in [0.29, 0.717) is 6.61 Å². The number of carbonyl (C=O) groups is 1. The molecule has 1 aliphatic rings. The predicted octanol–water partition coefficient (Wildman–Crippen LogP) is 0.184. The molecule has 0 aliphatic heterocycles. The second-order valence-electron chi connectivity index (χ2n) is 5.03. The average molecular weight is 256 g/mol. The van der Waals surface area contributed by atoms with Gasteiger partial charge in [0.15, 0.2) is 0 Å². The van der Waals surface area contributed by atoms with Crippen LogP contribution in [0.3, 0.4) is 0 Å². The highest BCUT2D eigenvalue weighted by Gasteiger charge is 2.31. The van der Waals surface area contributed by atoms with Crippen molar-refractivity contribution in [3.8, 4) is 0 Å². The van der Waals surface area contributed by atoms with E-state index in [1.165, 1.54) is 0 Å². The molecule has 0 radical (unpaired) electrons. The Balaban J connectivity index is 2.47. The van der Waals surface area contributed by atoms with E-state index in [0.717, 1.165) is 19.3 Å². The lowest BCUT2D eigenvalue weighted by molar-refractivity contribution is -0.126. The van der Waals surface area contributed by atoms with E-state index in [9.17, 15) is 9.90 Å². The number of amides is 1. The predicted molar refractivity (Wildman–Crippen MR) is 70.0 cm³/mol. The molecular formula is C13H24N2O3. The maximum absolute atomic E-state index is 11.4. The Morgan fingerprint density at radius 1 is 1.61 bits per heavy atom. The molecule has 2 unspecified atom stereocenters. The Kier molecular flexibility index (Phi) is 5.78. The first-order valence-electron chi connectivity index (χ1n) is 6.39. The Morgan fingerprint density at radius 2 is 2.33 bits per heavy atom. The van der Waals surface area contributed by atoms with Gasteiger partial charge in [0.25, 0.3) is 0 Å². The number of rotatable bonds is 6. The quantitative estimate of drug-likeness (QED) is 0.592. The molecule has 0 saturated heterocycles. The molecule has 3 atom stereocenters. The second-order valence-corrected chi connectivity index (χ2v) is 5.03. The van der Waals surface area contributed by atoms with Gasteiger partial charge in [-0.2, -0.15) is 0 Å². The summed E-state index contributed by atoms with van der Waals surface area (Å²) in [6.45, 7) is 2.31. The molecule has 0 aromatic heterocycles. The average Bonchev–Trinajstić information content (AvgIpc) is 2.44. The summed E-state index contributed by atoms with van der Waals surface area (Å²) in [7, 11) is 1.55. The number of aliphatic hydroxyl groups excluding tert-OH is 1. The molecule has 0 aromatic rings. The lowest BCUT2D eigenvalue weighted by Crippen LogP contribution is -2.48. The van der Waals surface area contributed by atoms with Crippen LogP contribution in [0.1, 0.15) is 26.2 Å². The molecule has 0 fully saturated rings. The molecular weight excluding hydrogens is 232 g/mol. The molecule has 0 saturated carbocycles. The van der Waals surface area contributed by atoms with Gasteiger partial charge in [-0.1, -0.05) is 12.2 Å². The van der Waals surface area contributed by atoms with Crippen LogP contribution < -0.4 is 11.1 Å². The minimum Gasteiger partial charge on any atom is -0.396 e. The molecule has 0 heterocycles. The third-order valence-corrected chi connectivity index (χ3v) is 3.60. The van der Waals surface area contributed by atoms with Crippen molar-refractivity contribution in [3.05, 3.63) is 12.2 Å². The highest BCUT2D eigenvalue weighted by Crippen LogP contribution is 2.32. The van der Waals surface area contributed by atoms with Crippen molar-refractivity contribution >= 4 is 5.91 Å². The number of nitrogens with two attached hydrogens (primary N) is 1. The van der Waals surface area contributed by atoms with Gasteiger partial charge in [0.2, 0.25) is 5.91 Å². The van der Waals surface area contributed by atoms with E-state index in [4.69, 9.17) is 10.5 Å². The van der Waals surface area contributed by atoms with Crippen LogP contribution in [0.15, 0.2) is 12.2 Å². The number of nitrogens with one attached hydrogen (secondary N) is 1. The van der Waals surface area contributed by atoms with Gasteiger partial charge in [-0.15, -0.1) is 0 Å². The van der Waals surface area contributed by atoms with E-state index in [2.05, 4.69) is 17.5 Å². The molecule has 104 valence electrons. The maximum atomic E-state index is 11.4. The molecule has 1 aliphatic carbocycles. The first-order valence-corrected chi connectivity index (χ1v) is 6.39. The van der Waals surface area contributed by atoms with Crippen molar-refractivity contribution in [2.75, 3.05) is 20.3 Å². The Labute approximate surface area is 108 Å². The number of ether oxygens (including phenoxy) is 1. The number of carbonyl (C=O) groups excluding carboxylic acids is 1. The van der Waals surface area contributed by atoms with E-state index in [1.807, 2.05) is 0 Å². The SMILES string of the molecule is CNC(=O)C(N)[C@@H](C)OCC1(CO)CC=CCC1. The van der Waals surface area contributed by atoms with Crippen LogP contribution >= 0.6 is 0 Å². The lowest BCUT2D eigenvalue weighted by atomic mass is 9.78. The van der Waals surface area contributed by atoms with E-state index in [1.54, 1.807) is 14.0 Å². The fraction of sp³-hybridized carbons (Fsp3) is 0.769. The van der Waals surface area contributed by atoms with Crippen LogP contribution in [0.4, 0.5) is 0 Å². The molecule has 0 bridgehead atoms. The smallest absolute Gasteiger partial charge is 0.239 e. The first-order chi connectivity index (χ1) is 8.54. The molecule has 0 aromatic carbocycles. The minimum atomic E-state index is -0.676. The lowest BCUT2D eigenvalue weighted by Gasteiger charge is -2.34. The van der Waals surface area contributed by atoms with E-state index < -0.39 is 6.04 Å². The van der Waals surface area contributed by atoms with Gasteiger partial charge >= 0.3 is 0 Å². The van der Waals surface area contributed by atoms with Crippen LogP contribution in [0.2, 0.25) is 0 Å². The van der Waals surface area contributed by atoms with Crippen molar-refractivity contribution in [1.29, 1.82) is 0 Å². The minimum absolute atomic E-state index is 0.0965. The molecule has 1 amide bonds. The van der Waals surface area contributed by atoms with Crippen molar-refractivity contribution in [3.63, 3.8) is 0 Å². The number of aliphatic hydroxyl groups is 1. The van der Waals surface area contributed by atoms with Crippen molar-refractivity contribution in [2.24, 2.45) is 11.1 Å². The zero-order valence-electron chi connectivity index (χ0n) is 11.2. The fourth-order valence-electron chi connectivity index (χ4n) is 2.05. The van der Waals surface area contributed by atoms with Gasteiger partial charge in [-0.3, -0.25) is 4.79 Å². The molecule has 18 heavy (non-hydrogen) atoms. The van der Waals surface area contributed by atoms with Gasteiger partial charge < -0.3 is 20.9 Å². The van der Waals surface area contributed by atoms with Crippen LogP contribution in [0, 0.1) is 5.41 Å². The first kappa shape index (κ1) is 15.1. The molecule has 5 nitrogen and oxygen atoms in total. The second kappa shape index (κ2) is 6.87. The Bertz CT molecular complexity index is 307. The highest BCUT2D eigenvalue weighted by atomic mass is 16.5. The summed E-state index contributed by atoms with van der Waals surface area (Å²) in [6, 6.07) is -0.676. The van der Waals surface area contributed by atoms with E-state index in [-0.39, 0.29) is 24.0 Å². The van der Waals surface area contributed by atoms with Gasteiger partial charge in [0, 0.05) is 12.5 Å². The Hall–Kier alpha value is -0.910. The summed E-state index contributed by atoms with van der Waals surface area (Å²) >= 11 is 0. The van der Waals surface area contributed by atoms with Gasteiger partial charge in [-0.25, -0.2) is 0 Å². The third-order valence-electron chi connectivity index (χ3n) is 3.60. The van der Waals surface area contributed by atoms with Gasteiger partial charge in [0.1, 0.15) is 6.04 Å². The fourth-order valence-corrected chi connectivity index (χ4v) is 2.05. The largest absolute Gasteiger partial charge is 0.396 e. The van der Waals surface area contributed by atoms with Crippen LogP contribution in [-0.2, 0) is 9.53 Å². The summed E-state index contributed by atoms with van der Waals surface area (Å²) in [5.74, 6) is -0.232. The maximum Gasteiger partial charge on any atom is 0.239 e. The number of hydrogen-bond acceptors (Lipinski definition) is 4. The normalized spacial score (nSPS) is 26.7. The van der Waals surface area contributed by atoms with Crippen molar-refractivity contribution in [2.45, 2.75) is 38.3 Å². The van der Waals surface area contributed by atoms with Crippen LogP contribution in [-0.4, -0.2) is 43.4 Å². The summed E-state index contributed by atoms with van der Waals surface area (Å²) in [4.78, 5) is 11.4. The number of hydrogen-bond donors (Lipinski definition) is 3.